The number of aromatic nitrogens is 2. The monoisotopic (exact) mass is 549 g/mol. The number of pyridine rings is 1. The number of nitrogens with two attached hydrogens (primary N) is 1. The largest absolute Gasteiger partial charge is 0.497 e. The number of H-pyrrole nitrogens is 1. The highest BCUT2D eigenvalue weighted by Gasteiger charge is 2.24. The van der Waals surface area contributed by atoms with Crippen LogP contribution in [0.1, 0.15) is 28.4 Å². The van der Waals surface area contributed by atoms with Gasteiger partial charge in [-0.3, -0.25) is 25.3 Å². The summed E-state index contributed by atoms with van der Waals surface area (Å²) in [4.78, 5) is 33.2. The number of halogens is 1. The van der Waals surface area contributed by atoms with Crippen LogP contribution in [-0.2, 0) is 22.6 Å². The smallest absolute Gasteiger partial charge is 0.242 e. The molecule has 204 valence electrons. The number of carbonyl (C=O) groups excluding carboxylic acids is 2. The van der Waals surface area contributed by atoms with Gasteiger partial charge in [-0.1, -0.05) is 30.3 Å². The summed E-state index contributed by atoms with van der Waals surface area (Å²) in [5.41, 5.74) is 9.56. The van der Waals surface area contributed by atoms with E-state index in [9.17, 15) is 9.59 Å². The van der Waals surface area contributed by atoms with E-state index >= 15 is 0 Å². The summed E-state index contributed by atoms with van der Waals surface area (Å²) < 4.78 is 5.38. The molecule has 1 atom stereocenters. The third-order valence-corrected chi connectivity index (χ3v) is 6.12. The normalized spacial score (nSPS) is 11.3. The third kappa shape index (κ3) is 7.79. The second-order valence-electron chi connectivity index (χ2n) is 8.72. The van der Waals surface area contributed by atoms with Crippen LogP contribution in [0.2, 0.25) is 0 Å². The number of benzene rings is 2. The zero-order valence-electron chi connectivity index (χ0n) is 21.5. The van der Waals surface area contributed by atoms with Gasteiger partial charge in [-0.05, 0) is 35.9 Å². The van der Waals surface area contributed by atoms with E-state index in [1.54, 1.807) is 31.6 Å². The Bertz CT molecular complexity index is 1410. The molecule has 1 unspecified atom stereocenters. The lowest BCUT2D eigenvalue weighted by molar-refractivity contribution is -0.127. The maximum Gasteiger partial charge on any atom is 0.242 e. The molecule has 2 aromatic heterocycles. The Morgan fingerprint density at radius 1 is 1.10 bits per heavy atom. The molecule has 11 heteroatoms. The third-order valence-electron chi connectivity index (χ3n) is 6.12. The van der Waals surface area contributed by atoms with E-state index in [0.717, 1.165) is 27.7 Å². The predicted molar refractivity (Wildman–Crippen MR) is 153 cm³/mol. The molecule has 4 aromatic rings. The molecule has 7 N–H and O–H groups in total. The number of hydrogen-bond acceptors (Lipinski definition) is 6. The van der Waals surface area contributed by atoms with Crippen molar-refractivity contribution in [2.45, 2.75) is 19.0 Å². The molecule has 2 heterocycles. The minimum absolute atomic E-state index is 0. The van der Waals surface area contributed by atoms with Crippen LogP contribution in [0, 0.1) is 5.41 Å². The quantitative estimate of drug-likeness (QED) is 0.118. The van der Waals surface area contributed by atoms with E-state index < -0.39 is 6.04 Å². The SMILES string of the molecule is COc1ccc2[nH]cc(C(NCc3ccc(C(=N)N)cc3)C(=O)NCC(=O)NCCc3ccccn3)c2c1.Cl. The maximum absolute atomic E-state index is 13.4. The summed E-state index contributed by atoms with van der Waals surface area (Å²) in [6, 6.07) is 17.7. The average molecular weight is 550 g/mol. The number of carbonyl (C=O) groups is 2. The molecule has 10 nitrogen and oxygen atoms in total. The van der Waals surface area contributed by atoms with E-state index in [4.69, 9.17) is 15.9 Å². The van der Waals surface area contributed by atoms with Gasteiger partial charge < -0.3 is 26.1 Å². The van der Waals surface area contributed by atoms with Crippen molar-refractivity contribution < 1.29 is 14.3 Å². The molecule has 0 aliphatic carbocycles. The van der Waals surface area contributed by atoms with Crippen molar-refractivity contribution in [3.05, 3.63) is 95.4 Å². The molecule has 0 aliphatic rings. The number of nitrogens with one attached hydrogen (secondary N) is 5. The van der Waals surface area contributed by atoms with Crippen molar-refractivity contribution in [2.24, 2.45) is 5.73 Å². The lowest BCUT2D eigenvalue weighted by Crippen LogP contribution is -2.42. The van der Waals surface area contributed by atoms with E-state index in [-0.39, 0.29) is 36.6 Å². The van der Waals surface area contributed by atoms with Gasteiger partial charge in [0.1, 0.15) is 17.6 Å². The number of amides is 2. The van der Waals surface area contributed by atoms with Gasteiger partial charge in [-0.25, -0.2) is 0 Å². The van der Waals surface area contributed by atoms with Crippen molar-refractivity contribution in [1.29, 1.82) is 5.41 Å². The first kappa shape index (κ1) is 29.2. The molecule has 2 amide bonds. The fourth-order valence-corrected chi connectivity index (χ4v) is 4.06. The van der Waals surface area contributed by atoms with Crippen molar-refractivity contribution in [1.82, 2.24) is 25.9 Å². The number of rotatable bonds is 12. The fraction of sp³-hybridized carbons (Fsp3) is 0.214. The first-order chi connectivity index (χ1) is 18.4. The van der Waals surface area contributed by atoms with Gasteiger partial charge >= 0.3 is 0 Å². The lowest BCUT2D eigenvalue weighted by Gasteiger charge is -2.19. The number of nitrogen functional groups attached to an aromatic ring is 1. The Kier molecular flexibility index (Phi) is 10.4. The molecule has 0 bridgehead atoms. The molecule has 0 saturated heterocycles. The Morgan fingerprint density at radius 3 is 2.59 bits per heavy atom. The summed E-state index contributed by atoms with van der Waals surface area (Å²) in [5.74, 6) is 0.0415. The van der Waals surface area contributed by atoms with Gasteiger partial charge in [-0.2, -0.15) is 0 Å². The van der Waals surface area contributed by atoms with E-state index in [2.05, 4.69) is 25.9 Å². The first-order valence-electron chi connectivity index (χ1n) is 12.2. The number of methoxy groups -OCH3 is 1. The van der Waals surface area contributed by atoms with Gasteiger partial charge in [0.25, 0.3) is 0 Å². The van der Waals surface area contributed by atoms with Crippen LogP contribution in [0.3, 0.4) is 0 Å². The van der Waals surface area contributed by atoms with Crippen LogP contribution in [0.15, 0.2) is 73.1 Å². The molecule has 0 fully saturated rings. The molecule has 0 saturated carbocycles. The van der Waals surface area contributed by atoms with Crippen molar-refractivity contribution in [3.8, 4) is 5.75 Å². The number of aromatic amines is 1. The minimum Gasteiger partial charge on any atom is -0.497 e. The number of nitrogens with zero attached hydrogens (tertiary/aromatic N) is 1. The van der Waals surface area contributed by atoms with Crippen molar-refractivity contribution in [3.63, 3.8) is 0 Å². The Balaban J connectivity index is 0.00000420. The standard InChI is InChI=1S/C28H31N7O3.ClH/c1-38-21-9-10-24-22(14-21)23(16-33-24)26(34-15-18-5-7-19(8-6-18)27(29)30)28(37)35-17-25(36)32-13-11-20-4-2-3-12-31-20;/h2-10,12,14,16,26,33-34H,11,13,15,17H2,1H3,(H3,29,30)(H,32,36)(H,35,37);1H. The number of amidine groups is 1. The Morgan fingerprint density at radius 2 is 1.90 bits per heavy atom. The summed E-state index contributed by atoms with van der Waals surface area (Å²) in [7, 11) is 1.59. The van der Waals surface area contributed by atoms with Crippen LogP contribution < -0.4 is 26.4 Å². The van der Waals surface area contributed by atoms with Crippen LogP contribution >= 0.6 is 12.4 Å². The maximum atomic E-state index is 13.4. The highest BCUT2D eigenvalue weighted by atomic mass is 35.5. The van der Waals surface area contributed by atoms with E-state index in [0.29, 0.717) is 30.8 Å². The van der Waals surface area contributed by atoms with E-state index in [1.165, 1.54) is 0 Å². The molecule has 0 spiro atoms. The van der Waals surface area contributed by atoms with Gasteiger partial charge in [0, 0.05) is 59.6 Å². The zero-order valence-corrected chi connectivity index (χ0v) is 22.3. The highest BCUT2D eigenvalue weighted by molar-refractivity contribution is 5.95. The average Bonchev–Trinajstić information content (AvgIpc) is 3.35. The summed E-state index contributed by atoms with van der Waals surface area (Å²) in [6.07, 6.45) is 4.10. The number of fused-ring (bicyclic) bond motifs is 1. The second kappa shape index (κ2) is 13.9. The minimum atomic E-state index is -0.746. The van der Waals surface area contributed by atoms with Crippen molar-refractivity contribution in [2.75, 3.05) is 20.2 Å². The Labute approximate surface area is 232 Å². The van der Waals surface area contributed by atoms with Crippen LogP contribution in [0.4, 0.5) is 0 Å². The zero-order chi connectivity index (χ0) is 26.9. The highest BCUT2D eigenvalue weighted by Crippen LogP contribution is 2.28. The van der Waals surface area contributed by atoms with Crippen molar-refractivity contribution >= 4 is 41.0 Å². The van der Waals surface area contributed by atoms with Crippen LogP contribution in [0.5, 0.6) is 5.75 Å². The topological polar surface area (TPSA) is 158 Å². The predicted octanol–water partition coefficient (Wildman–Crippen LogP) is 2.58. The number of ether oxygens (including phenoxy) is 1. The lowest BCUT2D eigenvalue weighted by atomic mass is 10.0. The van der Waals surface area contributed by atoms with Gasteiger partial charge in [0.15, 0.2) is 0 Å². The van der Waals surface area contributed by atoms with Gasteiger partial charge in [-0.15, -0.1) is 12.4 Å². The molecular weight excluding hydrogens is 518 g/mol. The van der Waals surface area contributed by atoms with Gasteiger partial charge in [0.05, 0.1) is 13.7 Å². The summed E-state index contributed by atoms with van der Waals surface area (Å²) in [6.45, 7) is 0.646. The second-order valence-corrected chi connectivity index (χ2v) is 8.72. The van der Waals surface area contributed by atoms with Crippen LogP contribution in [-0.4, -0.2) is 47.8 Å². The Hall–Kier alpha value is -4.41. The first-order valence-corrected chi connectivity index (χ1v) is 12.2. The van der Waals surface area contributed by atoms with Gasteiger partial charge in [0.2, 0.25) is 11.8 Å². The number of hydrogen-bond donors (Lipinski definition) is 6. The fourth-order valence-electron chi connectivity index (χ4n) is 4.06. The summed E-state index contributed by atoms with van der Waals surface area (Å²) >= 11 is 0. The molecule has 4 rings (SSSR count). The molecule has 0 radical (unpaired) electrons. The molecular formula is C28H32ClN7O3. The molecule has 2 aromatic carbocycles. The van der Waals surface area contributed by atoms with E-state index in [1.807, 2.05) is 48.5 Å². The summed E-state index contributed by atoms with van der Waals surface area (Å²) in [5, 5.41) is 17.3. The van der Waals surface area contributed by atoms with Crippen LogP contribution in [0.25, 0.3) is 10.9 Å². The molecule has 0 aliphatic heterocycles. The molecule has 39 heavy (non-hydrogen) atoms.